The zero-order chi connectivity index (χ0) is 22.1. The summed E-state index contributed by atoms with van der Waals surface area (Å²) in [6.45, 7) is 12.9. The lowest BCUT2D eigenvalue weighted by atomic mass is 9.86. The van der Waals surface area contributed by atoms with Gasteiger partial charge in [0.1, 0.15) is 11.8 Å². The molecule has 5 heteroatoms. The fraction of sp³-hybridized carbons (Fsp3) is 0.320. The molecule has 3 rings (SSSR count). The Morgan fingerprint density at radius 1 is 0.867 bits per heavy atom. The van der Waals surface area contributed by atoms with E-state index < -0.39 is 0 Å². The van der Waals surface area contributed by atoms with Crippen molar-refractivity contribution >= 4 is 11.6 Å². The van der Waals surface area contributed by atoms with Crippen molar-refractivity contribution in [3.05, 3.63) is 70.4 Å². The summed E-state index contributed by atoms with van der Waals surface area (Å²) >= 11 is 6.01. The zero-order valence-electron chi connectivity index (χ0n) is 18.2. The highest BCUT2D eigenvalue weighted by molar-refractivity contribution is 6.30. The van der Waals surface area contributed by atoms with Gasteiger partial charge in [-0.1, -0.05) is 53.1 Å². The molecule has 154 valence electrons. The van der Waals surface area contributed by atoms with E-state index >= 15 is 0 Å². The number of aromatic nitrogens is 2. The van der Waals surface area contributed by atoms with Gasteiger partial charge in [-0.05, 0) is 58.4 Å². The van der Waals surface area contributed by atoms with E-state index in [2.05, 4.69) is 64.7 Å². The fourth-order valence-electron chi connectivity index (χ4n) is 2.95. The summed E-state index contributed by atoms with van der Waals surface area (Å²) < 4.78 is 6.03. The quantitative estimate of drug-likeness (QED) is 0.456. The standard InChI is InChI=1S/C25H26ClN3O/c1-24(2,3)17-9-10-28-20(12-17)21-13-18(25(4,5)6)14-23(29-21)30-22-8-7-19(26)11-16(22)15-27/h7-14H,1-6H3. The molecular weight excluding hydrogens is 394 g/mol. The van der Waals surface area contributed by atoms with Gasteiger partial charge in [-0.3, -0.25) is 4.98 Å². The smallest absolute Gasteiger partial charge is 0.220 e. The molecule has 0 unspecified atom stereocenters. The molecule has 0 aliphatic heterocycles. The highest BCUT2D eigenvalue weighted by Gasteiger charge is 2.20. The van der Waals surface area contributed by atoms with E-state index in [0.29, 0.717) is 22.2 Å². The van der Waals surface area contributed by atoms with Crippen LogP contribution >= 0.6 is 11.6 Å². The largest absolute Gasteiger partial charge is 0.438 e. The molecule has 0 atom stereocenters. The Bertz CT molecular complexity index is 1120. The maximum absolute atomic E-state index is 9.43. The molecule has 0 bridgehead atoms. The third-order valence-corrected chi connectivity index (χ3v) is 5.07. The second-order valence-electron chi connectivity index (χ2n) is 9.36. The van der Waals surface area contributed by atoms with Crippen molar-refractivity contribution in [3.63, 3.8) is 0 Å². The summed E-state index contributed by atoms with van der Waals surface area (Å²) in [5.74, 6) is 0.835. The van der Waals surface area contributed by atoms with Gasteiger partial charge in [0.25, 0.3) is 0 Å². The van der Waals surface area contributed by atoms with E-state index in [1.807, 2.05) is 18.3 Å². The van der Waals surface area contributed by atoms with Crippen LogP contribution in [0.4, 0.5) is 0 Å². The molecule has 2 aromatic heterocycles. The molecule has 0 radical (unpaired) electrons. The Morgan fingerprint density at radius 3 is 2.17 bits per heavy atom. The summed E-state index contributed by atoms with van der Waals surface area (Å²) in [6, 6.07) is 15.1. The van der Waals surface area contributed by atoms with Gasteiger partial charge in [-0.2, -0.15) is 5.26 Å². The zero-order valence-corrected chi connectivity index (χ0v) is 19.0. The predicted molar refractivity (Wildman–Crippen MR) is 121 cm³/mol. The van der Waals surface area contributed by atoms with Crippen LogP contribution in [0.2, 0.25) is 5.02 Å². The molecule has 2 heterocycles. The molecular formula is C25H26ClN3O. The number of halogens is 1. The third-order valence-electron chi connectivity index (χ3n) is 4.83. The Kier molecular flexibility index (Phi) is 5.87. The highest BCUT2D eigenvalue weighted by Crippen LogP contribution is 2.33. The molecule has 30 heavy (non-hydrogen) atoms. The van der Waals surface area contributed by atoms with Gasteiger partial charge in [-0.15, -0.1) is 0 Å². The summed E-state index contributed by atoms with van der Waals surface area (Å²) in [4.78, 5) is 9.26. The molecule has 4 nitrogen and oxygen atoms in total. The van der Waals surface area contributed by atoms with Crippen LogP contribution in [0, 0.1) is 11.3 Å². The van der Waals surface area contributed by atoms with E-state index in [1.165, 1.54) is 5.56 Å². The van der Waals surface area contributed by atoms with E-state index in [4.69, 9.17) is 21.3 Å². The Labute approximate surface area is 183 Å². The minimum absolute atomic E-state index is 0.00363. The first kappa shape index (κ1) is 21.8. The second-order valence-corrected chi connectivity index (χ2v) is 9.80. The summed E-state index contributed by atoms with van der Waals surface area (Å²) in [7, 11) is 0. The molecule has 0 N–H and O–H groups in total. The average molecular weight is 420 g/mol. The van der Waals surface area contributed by atoms with Crippen LogP contribution in [0.3, 0.4) is 0 Å². The SMILES string of the molecule is CC(C)(C)c1ccnc(-c2cc(C(C)(C)C)cc(Oc3ccc(Cl)cc3C#N)n2)c1. The molecule has 0 aliphatic carbocycles. The van der Waals surface area contributed by atoms with Gasteiger partial charge in [0.2, 0.25) is 5.88 Å². The molecule has 3 aromatic rings. The van der Waals surface area contributed by atoms with Crippen LogP contribution in [-0.2, 0) is 10.8 Å². The van der Waals surface area contributed by atoms with Crippen molar-refractivity contribution in [1.29, 1.82) is 5.26 Å². The number of nitrogens with zero attached hydrogens (tertiary/aromatic N) is 3. The lowest BCUT2D eigenvalue weighted by molar-refractivity contribution is 0.458. The number of rotatable bonds is 3. The number of hydrogen-bond acceptors (Lipinski definition) is 4. The van der Waals surface area contributed by atoms with Crippen molar-refractivity contribution < 1.29 is 4.74 Å². The molecule has 0 fully saturated rings. The average Bonchev–Trinajstić information content (AvgIpc) is 2.68. The molecule has 0 saturated carbocycles. The van der Waals surface area contributed by atoms with Crippen molar-refractivity contribution in [2.45, 2.75) is 52.4 Å². The van der Waals surface area contributed by atoms with Gasteiger partial charge in [0, 0.05) is 17.3 Å². The minimum Gasteiger partial charge on any atom is -0.438 e. The molecule has 0 spiro atoms. The maximum atomic E-state index is 9.43. The Hall–Kier alpha value is -2.90. The summed E-state index contributed by atoms with van der Waals surface area (Å²) in [5.41, 5.74) is 4.02. The van der Waals surface area contributed by atoms with Crippen molar-refractivity contribution in [2.75, 3.05) is 0 Å². The molecule has 1 aromatic carbocycles. The number of benzene rings is 1. The molecule has 0 aliphatic rings. The van der Waals surface area contributed by atoms with Crippen LogP contribution < -0.4 is 4.74 Å². The number of ether oxygens (including phenoxy) is 1. The Balaban J connectivity index is 2.12. The lowest BCUT2D eigenvalue weighted by Crippen LogP contribution is -2.13. The van der Waals surface area contributed by atoms with Gasteiger partial charge in [0.15, 0.2) is 0 Å². The fourth-order valence-corrected chi connectivity index (χ4v) is 3.12. The lowest BCUT2D eigenvalue weighted by Gasteiger charge is -2.22. The van der Waals surface area contributed by atoms with Crippen LogP contribution in [0.1, 0.15) is 58.2 Å². The van der Waals surface area contributed by atoms with Crippen molar-refractivity contribution in [3.8, 4) is 29.1 Å². The van der Waals surface area contributed by atoms with E-state index in [-0.39, 0.29) is 10.8 Å². The molecule has 0 saturated heterocycles. The topological polar surface area (TPSA) is 58.8 Å². The first-order chi connectivity index (χ1) is 14.0. The van der Waals surface area contributed by atoms with E-state index in [9.17, 15) is 5.26 Å². The van der Waals surface area contributed by atoms with Gasteiger partial charge < -0.3 is 4.74 Å². The van der Waals surface area contributed by atoms with Crippen molar-refractivity contribution in [2.24, 2.45) is 0 Å². The van der Waals surface area contributed by atoms with Crippen LogP contribution in [0.5, 0.6) is 11.6 Å². The predicted octanol–water partition coefficient (Wildman–Crippen LogP) is 7.06. The first-order valence-electron chi connectivity index (χ1n) is 9.84. The maximum Gasteiger partial charge on any atom is 0.220 e. The third kappa shape index (κ3) is 4.98. The van der Waals surface area contributed by atoms with Crippen LogP contribution in [0.15, 0.2) is 48.7 Å². The second kappa shape index (κ2) is 8.08. The Morgan fingerprint density at radius 2 is 1.53 bits per heavy atom. The van der Waals surface area contributed by atoms with Gasteiger partial charge in [0.05, 0.1) is 17.0 Å². The van der Waals surface area contributed by atoms with Crippen molar-refractivity contribution in [1.82, 2.24) is 9.97 Å². The molecule has 0 amide bonds. The summed E-state index contributed by atoms with van der Waals surface area (Å²) in [5, 5.41) is 9.91. The van der Waals surface area contributed by atoms with E-state index in [0.717, 1.165) is 17.0 Å². The van der Waals surface area contributed by atoms with Crippen LogP contribution in [-0.4, -0.2) is 9.97 Å². The number of nitriles is 1. The van der Waals surface area contributed by atoms with E-state index in [1.54, 1.807) is 18.2 Å². The first-order valence-corrected chi connectivity index (χ1v) is 10.2. The minimum atomic E-state index is -0.116. The normalized spacial score (nSPS) is 11.8. The van der Waals surface area contributed by atoms with Gasteiger partial charge >= 0.3 is 0 Å². The van der Waals surface area contributed by atoms with Crippen LogP contribution in [0.25, 0.3) is 11.4 Å². The highest BCUT2D eigenvalue weighted by atomic mass is 35.5. The number of hydrogen-bond donors (Lipinski definition) is 0. The summed E-state index contributed by atoms with van der Waals surface area (Å²) in [6.07, 6.45) is 1.81. The van der Waals surface area contributed by atoms with Gasteiger partial charge in [-0.25, -0.2) is 4.98 Å². The monoisotopic (exact) mass is 419 g/mol. The number of pyridine rings is 2.